The van der Waals surface area contributed by atoms with Gasteiger partial charge in [0.2, 0.25) is 5.75 Å². The molecular weight excluding hydrogens is 205 g/mol. The van der Waals surface area contributed by atoms with Crippen LogP contribution < -0.4 is 4.74 Å². The average molecular weight is 213 g/mol. The number of carbonyl (C=O) groups excluding carboxylic acids is 1. The van der Waals surface area contributed by atoms with Crippen LogP contribution in [-0.2, 0) is 4.79 Å². The molecule has 0 fully saturated rings. The summed E-state index contributed by atoms with van der Waals surface area (Å²) in [4.78, 5) is 20.6. The highest BCUT2D eigenvalue weighted by molar-refractivity contribution is 5.73. The van der Waals surface area contributed by atoms with Crippen LogP contribution in [0.4, 0.5) is 10.1 Å². The summed E-state index contributed by atoms with van der Waals surface area (Å²) in [5, 5.41) is 10.5. The lowest BCUT2D eigenvalue weighted by atomic mass is 10.3. The molecular formula is C9H8FNO4. The molecule has 0 radical (unpaired) electrons. The Labute approximate surface area is 84.6 Å². The molecule has 6 heteroatoms. The van der Waals surface area contributed by atoms with E-state index in [2.05, 4.69) is 4.74 Å². The predicted molar refractivity (Wildman–Crippen MR) is 49.0 cm³/mol. The second-order valence-electron chi connectivity index (χ2n) is 2.67. The number of esters is 1. The molecule has 0 heterocycles. The molecule has 0 atom stereocenters. The number of nitrogens with zero attached hydrogens (tertiary/aromatic N) is 1. The van der Waals surface area contributed by atoms with Gasteiger partial charge in [-0.15, -0.1) is 0 Å². The molecule has 5 nitrogen and oxygen atoms in total. The highest BCUT2D eigenvalue weighted by Gasteiger charge is 2.21. The third-order valence-electron chi connectivity index (χ3n) is 1.65. The number of ether oxygens (including phenoxy) is 1. The first kappa shape index (κ1) is 11.1. The maximum absolute atomic E-state index is 13.1. The minimum atomic E-state index is -0.925. The van der Waals surface area contributed by atoms with Crippen LogP contribution >= 0.6 is 0 Å². The van der Waals surface area contributed by atoms with E-state index in [1.54, 1.807) is 0 Å². The van der Waals surface area contributed by atoms with Crippen molar-refractivity contribution < 1.29 is 18.8 Å². The molecule has 0 unspecified atom stereocenters. The molecule has 1 aromatic rings. The topological polar surface area (TPSA) is 69.4 Å². The van der Waals surface area contributed by atoms with Crippen molar-refractivity contribution in [3.8, 4) is 5.75 Å². The third-order valence-corrected chi connectivity index (χ3v) is 1.65. The fourth-order valence-electron chi connectivity index (χ4n) is 0.928. The average Bonchev–Trinajstić information content (AvgIpc) is 2.20. The van der Waals surface area contributed by atoms with Gasteiger partial charge in [0.15, 0.2) is 5.82 Å². The van der Waals surface area contributed by atoms with Gasteiger partial charge in [-0.2, -0.15) is 0 Å². The lowest BCUT2D eigenvalue weighted by Gasteiger charge is -2.03. The maximum Gasteiger partial charge on any atom is 0.314 e. The fourth-order valence-corrected chi connectivity index (χ4v) is 0.928. The van der Waals surface area contributed by atoms with E-state index in [0.29, 0.717) is 0 Å². The zero-order valence-corrected chi connectivity index (χ0v) is 7.90. The Kier molecular flexibility index (Phi) is 3.33. The van der Waals surface area contributed by atoms with E-state index in [9.17, 15) is 19.3 Å². The summed E-state index contributed by atoms with van der Waals surface area (Å²) in [6.07, 6.45) is 0.0193. The number of nitro benzene ring substituents is 1. The molecule has 0 aliphatic rings. The van der Waals surface area contributed by atoms with Crippen LogP contribution in [0.3, 0.4) is 0 Å². The van der Waals surface area contributed by atoms with Gasteiger partial charge in [0.25, 0.3) is 0 Å². The number of rotatable bonds is 3. The SMILES string of the molecule is CCC(=O)Oc1c(F)cccc1[N+](=O)[O-]. The molecule has 0 amide bonds. The standard InChI is InChI=1S/C9H8FNO4/c1-2-8(12)15-9-6(10)4-3-5-7(9)11(13)14/h3-5H,2H2,1H3. The fraction of sp³-hybridized carbons (Fsp3) is 0.222. The molecule has 0 aliphatic heterocycles. The summed E-state index contributed by atoms with van der Waals surface area (Å²) in [5.74, 6) is -2.27. The molecule has 0 aliphatic carbocycles. The lowest BCUT2D eigenvalue weighted by Crippen LogP contribution is -2.08. The number of para-hydroxylation sites is 1. The number of carbonyl (C=O) groups is 1. The van der Waals surface area contributed by atoms with Crippen LogP contribution in [0.2, 0.25) is 0 Å². The smallest absolute Gasteiger partial charge is 0.314 e. The molecule has 1 rings (SSSR count). The first-order valence-electron chi connectivity index (χ1n) is 4.19. The van der Waals surface area contributed by atoms with Crippen molar-refractivity contribution in [2.75, 3.05) is 0 Å². The number of nitro groups is 1. The van der Waals surface area contributed by atoms with Gasteiger partial charge in [-0.3, -0.25) is 14.9 Å². The lowest BCUT2D eigenvalue weighted by molar-refractivity contribution is -0.385. The van der Waals surface area contributed by atoms with Crippen molar-refractivity contribution in [2.45, 2.75) is 13.3 Å². The Morgan fingerprint density at radius 2 is 2.27 bits per heavy atom. The van der Waals surface area contributed by atoms with Crippen molar-refractivity contribution in [1.82, 2.24) is 0 Å². The molecule has 1 aromatic carbocycles. The van der Waals surface area contributed by atoms with Gasteiger partial charge in [-0.05, 0) is 6.07 Å². The highest BCUT2D eigenvalue weighted by atomic mass is 19.1. The molecule has 0 saturated carbocycles. The zero-order valence-electron chi connectivity index (χ0n) is 7.90. The van der Waals surface area contributed by atoms with Gasteiger partial charge < -0.3 is 4.74 Å². The number of hydrogen-bond acceptors (Lipinski definition) is 4. The van der Waals surface area contributed by atoms with E-state index in [1.165, 1.54) is 13.0 Å². The molecule has 0 aromatic heterocycles. The first-order chi connectivity index (χ1) is 7.06. The van der Waals surface area contributed by atoms with E-state index in [-0.39, 0.29) is 6.42 Å². The highest BCUT2D eigenvalue weighted by Crippen LogP contribution is 2.29. The van der Waals surface area contributed by atoms with Crippen molar-refractivity contribution in [1.29, 1.82) is 0 Å². The number of benzene rings is 1. The molecule has 80 valence electrons. The molecule has 15 heavy (non-hydrogen) atoms. The Bertz CT molecular complexity index is 405. The van der Waals surface area contributed by atoms with Crippen LogP contribution in [-0.4, -0.2) is 10.9 Å². The van der Waals surface area contributed by atoms with Crippen LogP contribution in [0.25, 0.3) is 0 Å². The van der Waals surface area contributed by atoms with Gasteiger partial charge in [0.1, 0.15) is 0 Å². The Balaban J connectivity index is 3.13. The second-order valence-corrected chi connectivity index (χ2v) is 2.67. The van der Waals surface area contributed by atoms with Crippen molar-refractivity contribution in [2.24, 2.45) is 0 Å². The quantitative estimate of drug-likeness (QED) is 0.333. The van der Waals surface area contributed by atoms with Gasteiger partial charge >= 0.3 is 11.7 Å². The van der Waals surface area contributed by atoms with Crippen molar-refractivity contribution in [3.63, 3.8) is 0 Å². The van der Waals surface area contributed by atoms with Crippen LogP contribution in [0.15, 0.2) is 18.2 Å². The Hall–Kier alpha value is -1.98. The monoisotopic (exact) mass is 213 g/mol. The van der Waals surface area contributed by atoms with E-state index in [4.69, 9.17) is 0 Å². The summed E-state index contributed by atoms with van der Waals surface area (Å²) < 4.78 is 17.7. The Morgan fingerprint density at radius 3 is 2.80 bits per heavy atom. The summed E-state index contributed by atoms with van der Waals surface area (Å²) >= 11 is 0. The third kappa shape index (κ3) is 2.49. The van der Waals surface area contributed by atoms with Gasteiger partial charge in [0, 0.05) is 12.5 Å². The van der Waals surface area contributed by atoms with E-state index in [1.807, 2.05) is 0 Å². The van der Waals surface area contributed by atoms with Crippen LogP contribution in [0, 0.1) is 15.9 Å². The first-order valence-corrected chi connectivity index (χ1v) is 4.19. The number of halogens is 1. The van der Waals surface area contributed by atoms with E-state index < -0.39 is 28.1 Å². The summed E-state index contributed by atoms with van der Waals surface area (Å²) in [6, 6.07) is 3.24. The molecule has 0 bridgehead atoms. The predicted octanol–water partition coefficient (Wildman–Crippen LogP) is 2.05. The largest absolute Gasteiger partial charge is 0.416 e. The van der Waals surface area contributed by atoms with Gasteiger partial charge in [-0.1, -0.05) is 13.0 Å². The van der Waals surface area contributed by atoms with E-state index >= 15 is 0 Å². The summed E-state index contributed by atoms with van der Waals surface area (Å²) in [6.45, 7) is 1.51. The van der Waals surface area contributed by atoms with E-state index in [0.717, 1.165) is 12.1 Å². The zero-order chi connectivity index (χ0) is 11.4. The van der Waals surface area contributed by atoms with Crippen LogP contribution in [0.5, 0.6) is 5.75 Å². The van der Waals surface area contributed by atoms with Crippen molar-refractivity contribution >= 4 is 11.7 Å². The van der Waals surface area contributed by atoms with Crippen molar-refractivity contribution in [3.05, 3.63) is 34.1 Å². The summed E-state index contributed by atoms with van der Waals surface area (Å²) in [7, 11) is 0. The maximum atomic E-state index is 13.1. The van der Waals surface area contributed by atoms with Gasteiger partial charge in [-0.25, -0.2) is 4.39 Å². The second kappa shape index (κ2) is 4.50. The van der Waals surface area contributed by atoms with Gasteiger partial charge in [0.05, 0.1) is 4.92 Å². The number of hydrogen-bond donors (Lipinski definition) is 0. The minimum Gasteiger partial charge on any atom is -0.416 e. The molecule has 0 spiro atoms. The molecule has 0 saturated heterocycles. The Morgan fingerprint density at radius 1 is 1.60 bits per heavy atom. The summed E-state index contributed by atoms with van der Waals surface area (Å²) in [5.41, 5.74) is -0.559. The van der Waals surface area contributed by atoms with Crippen LogP contribution in [0.1, 0.15) is 13.3 Å². The normalized spacial score (nSPS) is 9.73. The molecule has 0 N–H and O–H groups in total. The minimum absolute atomic E-state index is 0.0193.